The molecule has 0 aliphatic rings. The maximum absolute atomic E-state index is 12.3. The summed E-state index contributed by atoms with van der Waals surface area (Å²) in [6, 6.07) is 14.3. The summed E-state index contributed by atoms with van der Waals surface area (Å²) < 4.78 is 31.0. The summed E-state index contributed by atoms with van der Waals surface area (Å²) in [4.78, 5) is 12.3. The first-order valence-electron chi connectivity index (χ1n) is 9.52. The van der Waals surface area contributed by atoms with Crippen LogP contribution in [0.2, 0.25) is 5.02 Å². The van der Waals surface area contributed by atoms with Gasteiger partial charge < -0.3 is 10.1 Å². The molecule has 0 bridgehead atoms. The van der Waals surface area contributed by atoms with Crippen molar-refractivity contribution in [2.45, 2.75) is 26.2 Å². The van der Waals surface area contributed by atoms with Crippen LogP contribution < -0.4 is 14.4 Å². The third kappa shape index (κ3) is 7.59. The van der Waals surface area contributed by atoms with E-state index in [0.29, 0.717) is 30.3 Å². The molecule has 0 heterocycles. The number of carbonyl (C=O) groups excluding carboxylic acids is 1. The number of halogens is 1. The van der Waals surface area contributed by atoms with E-state index < -0.39 is 10.0 Å². The van der Waals surface area contributed by atoms with E-state index >= 15 is 0 Å². The fourth-order valence-corrected chi connectivity index (χ4v) is 3.82. The highest BCUT2D eigenvalue weighted by Gasteiger charge is 2.20. The number of nitrogens with one attached hydrogen (secondary N) is 1. The van der Waals surface area contributed by atoms with E-state index in [1.807, 2.05) is 24.3 Å². The molecule has 1 N–H and O–H groups in total. The fourth-order valence-electron chi connectivity index (χ4n) is 2.79. The molecule has 158 valence electrons. The van der Waals surface area contributed by atoms with Crippen LogP contribution in [0.5, 0.6) is 5.75 Å². The average molecular weight is 439 g/mol. The quantitative estimate of drug-likeness (QED) is 0.543. The number of aryl methyl sites for hydroxylation is 1. The smallest absolute Gasteiger partial charge is 0.240 e. The normalized spacial score (nSPS) is 11.1. The Hall–Kier alpha value is -2.25. The maximum atomic E-state index is 12.3. The van der Waals surface area contributed by atoms with E-state index in [-0.39, 0.29) is 12.5 Å². The summed E-state index contributed by atoms with van der Waals surface area (Å²) in [7, 11) is -3.62. The van der Waals surface area contributed by atoms with E-state index in [2.05, 4.69) is 12.2 Å². The standard InChI is InChI=1S/C21H27ClN2O4S/c1-3-14-28-20-12-5-4-8-17(20)9-7-13-23-21(25)16-24(29(2,26)27)19-11-6-10-18(22)15-19/h4-6,8,10-12,15H,3,7,9,13-14,16H2,1-2H3,(H,23,25). The van der Waals surface area contributed by atoms with Crippen LogP contribution in [0.4, 0.5) is 5.69 Å². The van der Waals surface area contributed by atoms with Gasteiger partial charge in [0.25, 0.3) is 0 Å². The maximum Gasteiger partial charge on any atom is 0.240 e. The summed E-state index contributed by atoms with van der Waals surface area (Å²) in [5.74, 6) is 0.496. The number of carbonyl (C=O) groups is 1. The van der Waals surface area contributed by atoms with Gasteiger partial charge in [0, 0.05) is 11.6 Å². The van der Waals surface area contributed by atoms with E-state index in [0.717, 1.165) is 34.7 Å². The summed E-state index contributed by atoms with van der Waals surface area (Å²) in [5, 5.41) is 3.19. The molecule has 0 fully saturated rings. The van der Waals surface area contributed by atoms with Gasteiger partial charge in [-0.05, 0) is 49.1 Å². The molecule has 0 aliphatic heterocycles. The van der Waals surface area contributed by atoms with Crippen LogP contribution in [-0.4, -0.2) is 40.3 Å². The van der Waals surface area contributed by atoms with Gasteiger partial charge in [0.05, 0.1) is 18.6 Å². The number of benzene rings is 2. The Bertz CT molecular complexity index is 918. The van der Waals surface area contributed by atoms with Crippen LogP contribution in [0.15, 0.2) is 48.5 Å². The topological polar surface area (TPSA) is 75.7 Å². The zero-order chi connectivity index (χ0) is 21.3. The first-order chi connectivity index (χ1) is 13.8. The highest BCUT2D eigenvalue weighted by Crippen LogP contribution is 2.22. The van der Waals surface area contributed by atoms with Gasteiger partial charge in [0.1, 0.15) is 12.3 Å². The fraction of sp³-hybridized carbons (Fsp3) is 0.381. The molecule has 0 aliphatic carbocycles. The molecule has 29 heavy (non-hydrogen) atoms. The number of sulfonamides is 1. The van der Waals surface area contributed by atoms with Gasteiger partial charge in [-0.1, -0.05) is 42.8 Å². The SMILES string of the molecule is CCCOc1ccccc1CCCNC(=O)CN(c1cccc(Cl)c1)S(C)(=O)=O. The number of anilines is 1. The lowest BCUT2D eigenvalue weighted by atomic mass is 10.1. The number of nitrogens with zero attached hydrogens (tertiary/aromatic N) is 1. The number of hydrogen-bond acceptors (Lipinski definition) is 4. The second-order valence-corrected chi connectivity index (χ2v) is 9.00. The highest BCUT2D eigenvalue weighted by molar-refractivity contribution is 7.92. The monoisotopic (exact) mass is 438 g/mol. The molecule has 0 aromatic heterocycles. The second-order valence-electron chi connectivity index (χ2n) is 6.66. The first kappa shape index (κ1) is 23.0. The van der Waals surface area contributed by atoms with E-state index in [1.165, 1.54) is 6.07 Å². The van der Waals surface area contributed by atoms with Crippen LogP contribution in [-0.2, 0) is 21.2 Å². The van der Waals surface area contributed by atoms with Crippen LogP contribution in [0.3, 0.4) is 0 Å². The zero-order valence-corrected chi connectivity index (χ0v) is 18.3. The summed E-state index contributed by atoms with van der Waals surface area (Å²) >= 11 is 5.95. The molecule has 2 aromatic carbocycles. The molecule has 0 atom stereocenters. The van der Waals surface area contributed by atoms with Crippen molar-refractivity contribution < 1.29 is 17.9 Å². The summed E-state index contributed by atoms with van der Waals surface area (Å²) in [6.07, 6.45) is 3.47. The second kappa shape index (κ2) is 11.1. The van der Waals surface area contributed by atoms with Gasteiger partial charge in [-0.2, -0.15) is 0 Å². The number of rotatable bonds is 11. The number of amides is 1. The minimum atomic E-state index is -3.62. The van der Waals surface area contributed by atoms with Crippen molar-refractivity contribution in [2.75, 3.05) is 30.3 Å². The average Bonchev–Trinajstić information content (AvgIpc) is 2.67. The Kier molecular flexibility index (Phi) is 8.79. The van der Waals surface area contributed by atoms with Crippen molar-refractivity contribution in [3.63, 3.8) is 0 Å². The number of ether oxygens (including phenoxy) is 1. The van der Waals surface area contributed by atoms with Crippen LogP contribution in [0.25, 0.3) is 0 Å². The van der Waals surface area contributed by atoms with Gasteiger partial charge in [0.15, 0.2) is 0 Å². The van der Waals surface area contributed by atoms with Crippen molar-refractivity contribution in [1.29, 1.82) is 0 Å². The van der Waals surface area contributed by atoms with Crippen molar-refractivity contribution >= 4 is 33.2 Å². The lowest BCUT2D eigenvalue weighted by Crippen LogP contribution is -2.40. The lowest BCUT2D eigenvalue weighted by Gasteiger charge is -2.22. The Balaban J connectivity index is 1.89. The molecule has 6 nitrogen and oxygen atoms in total. The minimum absolute atomic E-state index is 0.296. The molecule has 1 amide bonds. The van der Waals surface area contributed by atoms with Gasteiger partial charge in [-0.3, -0.25) is 9.10 Å². The Morgan fingerprint density at radius 1 is 1.17 bits per heavy atom. The molecule has 0 spiro atoms. The highest BCUT2D eigenvalue weighted by atomic mass is 35.5. The van der Waals surface area contributed by atoms with Gasteiger partial charge in [-0.25, -0.2) is 8.42 Å². The van der Waals surface area contributed by atoms with Crippen LogP contribution >= 0.6 is 11.6 Å². The number of hydrogen-bond donors (Lipinski definition) is 1. The molecule has 8 heteroatoms. The molecule has 0 radical (unpaired) electrons. The molecule has 0 saturated heterocycles. The Morgan fingerprint density at radius 2 is 1.93 bits per heavy atom. The number of para-hydroxylation sites is 1. The van der Waals surface area contributed by atoms with Crippen molar-refractivity contribution in [3.8, 4) is 5.75 Å². The zero-order valence-electron chi connectivity index (χ0n) is 16.7. The summed E-state index contributed by atoms with van der Waals surface area (Å²) in [5.41, 5.74) is 1.45. The van der Waals surface area contributed by atoms with E-state index in [9.17, 15) is 13.2 Å². The van der Waals surface area contributed by atoms with Crippen molar-refractivity contribution in [1.82, 2.24) is 5.32 Å². The van der Waals surface area contributed by atoms with E-state index in [1.54, 1.807) is 18.2 Å². The third-order valence-corrected chi connectivity index (χ3v) is 5.54. The molecule has 2 rings (SSSR count). The largest absolute Gasteiger partial charge is 0.493 e. The predicted octanol–water partition coefficient (Wildman–Crippen LogP) is 3.64. The van der Waals surface area contributed by atoms with Gasteiger partial charge in [-0.15, -0.1) is 0 Å². The van der Waals surface area contributed by atoms with Crippen LogP contribution in [0, 0.1) is 0 Å². The third-order valence-electron chi connectivity index (χ3n) is 4.16. The summed E-state index contributed by atoms with van der Waals surface area (Å²) in [6.45, 7) is 2.86. The van der Waals surface area contributed by atoms with Crippen LogP contribution in [0.1, 0.15) is 25.3 Å². The first-order valence-corrected chi connectivity index (χ1v) is 11.7. The Morgan fingerprint density at radius 3 is 2.62 bits per heavy atom. The molecular formula is C21H27ClN2O4S. The molecule has 2 aromatic rings. The van der Waals surface area contributed by atoms with Crippen molar-refractivity contribution in [2.24, 2.45) is 0 Å². The lowest BCUT2D eigenvalue weighted by molar-refractivity contribution is -0.119. The van der Waals surface area contributed by atoms with Gasteiger partial charge in [0.2, 0.25) is 15.9 Å². The van der Waals surface area contributed by atoms with Crippen molar-refractivity contribution in [3.05, 3.63) is 59.1 Å². The molecular weight excluding hydrogens is 412 g/mol. The molecule has 0 unspecified atom stereocenters. The Labute approximate surface area is 177 Å². The van der Waals surface area contributed by atoms with E-state index in [4.69, 9.17) is 16.3 Å². The molecule has 0 saturated carbocycles. The predicted molar refractivity (Wildman–Crippen MR) is 117 cm³/mol. The minimum Gasteiger partial charge on any atom is -0.493 e. The van der Waals surface area contributed by atoms with Gasteiger partial charge >= 0.3 is 0 Å².